The van der Waals surface area contributed by atoms with E-state index in [1.54, 1.807) is 0 Å². The molecule has 1 N–H and O–H groups in total. The number of rotatable bonds is 4. The number of hydrogen-bond acceptors (Lipinski definition) is 2. The van der Waals surface area contributed by atoms with E-state index in [1.807, 2.05) is 12.1 Å². The third kappa shape index (κ3) is 3.20. The minimum Gasteiger partial charge on any atom is -0.362 e. The van der Waals surface area contributed by atoms with Gasteiger partial charge in [0, 0.05) is 12.0 Å². The zero-order valence-electron chi connectivity index (χ0n) is 11.3. The van der Waals surface area contributed by atoms with Gasteiger partial charge in [-0.2, -0.15) is 13.2 Å². The van der Waals surface area contributed by atoms with Crippen LogP contribution in [0.2, 0.25) is 0 Å². The topological polar surface area (TPSA) is 38.3 Å². The maximum atomic E-state index is 11.9. The quantitative estimate of drug-likeness (QED) is 0.927. The van der Waals surface area contributed by atoms with Crippen molar-refractivity contribution < 1.29 is 22.7 Å². The van der Waals surface area contributed by atoms with Crippen molar-refractivity contribution in [2.75, 3.05) is 13.2 Å². The van der Waals surface area contributed by atoms with Crippen LogP contribution in [0, 0.1) is 5.92 Å². The third-order valence-corrected chi connectivity index (χ3v) is 4.16. The Morgan fingerprint density at radius 2 is 2.10 bits per heavy atom. The first-order valence-electron chi connectivity index (χ1n) is 6.97. The fourth-order valence-electron chi connectivity index (χ4n) is 3.25. The number of aryl methyl sites for hydroxylation is 1. The maximum Gasteiger partial charge on any atom is 0.411 e. The Bertz CT molecular complexity index is 544. The Hall–Kier alpha value is -1.56. The van der Waals surface area contributed by atoms with Crippen molar-refractivity contribution in [3.8, 4) is 0 Å². The van der Waals surface area contributed by atoms with Crippen molar-refractivity contribution in [1.29, 1.82) is 0 Å². The van der Waals surface area contributed by atoms with Gasteiger partial charge in [-0.3, -0.25) is 4.79 Å². The zero-order chi connectivity index (χ0) is 15.0. The van der Waals surface area contributed by atoms with Crippen molar-refractivity contribution in [2.45, 2.75) is 31.0 Å². The van der Waals surface area contributed by atoms with Gasteiger partial charge in [-0.25, -0.2) is 0 Å². The Morgan fingerprint density at radius 3 is 2.86 bits per heavy atom. The zero-order valence-corrected chi connectivity index (χ0v) is 11.3. The van der Waals surface area contributed by atoms with E-state index in [1.165, 1.54) is 11.1 Å². The van der Waals surface area contributed by atoms with E-state index in [0.29, 0.717) is 11.8 Å². The highest BCUT2D eigenvalue weighted by molar-refractivity contribution is 5.78. The standard InChI is InChI=1S/C15H16F3NO2/c16-15(17,18)8-21-7-12(20)19-14-11-6-5-9-3-1-2-4-10(9)13(11)14/h1-4,11,13-14H,5-8H2,(H,19,20). The van der Waals surface area contributed by atoms with Crippen LogP contribution in [0.3, 0.4) is 0 Å². The summed E-state index contributed by atoms with van der Waals surface area (Å²) in [6.07, 6.45) is -2.39. The van der Waals surface area contributed by atoms with Crippen molar-refractivity contribution >= 4 is 5.91 Å². The van der Waals surface area contributed by atoms with E-state index in [2.05, 4.69) is 22.2 Å². The number of carbonyl (C=O) groups is 1. The fraction of sp³-hybridized carbons (Fsp3) is 0.533. The third-order valence-electron chi connectivity index (χ3n) is 4.16. The van der Waals surface area contributed by atoms with E-state index >= 15 is 0 Å². The molecule has 1 fully saturated rings. The number of benzene rings is 1. The van der Waals surface area contributed by atoms with Crippen molar-refractivity contribution in [1.82, 2.24) is 5.32 Å². The van der Waals surface area contributed by atoms with E-state index in [0.717, 1.165) is 12.8 Å². The Kier molecular flexibility index (Phi) is 3.65. The van der Waals surface area contributed by atoms with E-state index in [-0.39, 0.29) is 6.04 Å². The molecule has 3 unspecified atom stereocenters. The van der Waals surface area contributed by atoms with Gasteiger partial charge in [0.1, 0.15) is 13.2 Å². The summed E-state index contributed by atoms with van der Waals surface area (Å²) >= 11 is 0. The predicted molar refractivity (Wildman–Crippen MR) is 69.8 cm³/mol. The molecule has 1 aromatic carbocycles. The van der Waals surface area contributed by atoms with Gasteiger partial charge in [0.15, 0.2) is 0 Å². The molecule has 3 rings (SSSR count). The van der Waals surface area contributed by atoms with Gasteiger partial charge in [-0.15, -0.1) is 0 Å². The summed E-state index contributed by atoms with van der Waals surface area (Å²) < 4.78 is 40.2. The van der Waals surface area contributed by atoms with Gasteiger partial charge in [-0.05, 0) is 29.9 Å². The van der Waals surface area contributed by atoms with Crippen molar-refractivity contribution in [3.63, 3.8) is 0 Å². The molecule has 2 aliphatic rings. The summed E-state index contributed by atoms with van der Waals surface area (Å²) in [6.45, 7) is -1.93. The largest absolute Gasteiger partial charge is 0.411 e. The van der Waals surface area contributed by atoms with Crippen molar-refractivity contribution in [2.24, 2.45) is 5.92 Å². The number of amides is 1. The molecule has 1 amide bonds. The second-order valence-corrected chi connectivity index (χ2v) is 5.63. The molecular weight excluding hydrogens is 283 g/mol. The summed E-state index contributed by atoms with van der Waals surface area (Å²) in [6, 6.07) is 8.18. The van der Waals surface area contributed by atoms with Gasteiger partial charge < -0.3 is 10.1 Å². The van der Waals surface area contributed by atoms with Gasteiger partial charge in [0.25, 0.3) is 0 Å². The lowest BCUT2D eigenvalue weighted by molar-refractivity contribution is -0.175. The second-order valence-electron chi connectivity index (χ2n) is 5.63. The van der Waals surface area contributed by atoms with Crippen LogP contribution in [0.15, 0.2) is 24.3 Å². The van der Waals surface area contributed by atoms with Crippen LogP contribution in [0.25, 0.3) is 0 Å². The molecule has 0 radical (unpaired) electrons. The number of alkyl halides is 3. The minimum absolute atomic E-state index is 0.0376. The highest BCUT2D eigenvalue weighted by Crippen LogP contribution is 2.54. The molecule has 6 heteroatoms. The number of carbonyl (C=O) groups excluding carboxylic acids is 1. The lowest BCUT2D eigenvalue weighted by atomic mass is 9.92. The van der Waals surface area contributed by atoms with Crippen LogP contribution in [-0.2, 0) is 16.0 Å². The van der Waals surface area contributed by atoms with E-state index in [4.69, 9.17) is 0 Å². The molecule has 2 aliphatic carbocycles. The van der Waals surface area contributed by atoms with E-state index < -0.39 is 25.3 Å². The Balaban J connectivity index is 1.51. The van der Waals surface area contributed by atoms with Crippen LogP contribution >= 0.6 is 0 Å². The Morgan fingerprint density at radius 1 is 1.33 bits per heavy atom. The highest BCUT2D eigenvalue weighted by Gasteiger charge is 2.53. The molecular formula is C15H16F3NO2. The van der Waals surface area contributed by atoms with Crippen LogP contribution in [0.1, 0.15) is 23.5 Å². The molecule has 21 heavy (non-hydrogen) atoms. The van der Waals surface area contributed by atoms with Crippen LogP contribution < -0.4 is 5.32 Å². The first-order chi connectivity index (χ1) is 9.96. The van der Waals surface area contributed by atoms with Gasteiger partial charge in [0.2, 0.25) is 5.91 Å². The first-order valence-corrected chi connectivity index (χ1v) is 6.97. The van der Waals surface area contributed by atoms with Crippen LogP contribution in [0.5, 0.6) is 0 Å². The smallest absolute Gasteiger partial charge is 0.362 e. The summed E-state index contributed by atoms with van der Waals surface area (Å²) in [5, 5.41) is 2.79. The molecule has 0 heterocycles. The number of ether oxygens (including phenoxy) is 1. The molecule has 114 valence electrons. The predicted octanol–water partition coefficient (Wildman–Crippen LogP) is 2.41. The first kappa shape index (κ1) is 14.4. The minimum atomic E-state index is -4.40. The molecule has 1 saturated carbocycles. The second kappa shape index (κ2) is 5.33. The highest BCUT2D eigenvalue weighted by atomic mass is 19.4. The SMILES string of the molecule is O=C(COCC(F)(F)F)NC1C2CCc3ccccc3C21. The summed E-state index contributed by atoms with van der Waals surface area (Å²) in [5.41, 5.74) is 2.57. The van der Waals surface area contributed by atoms with Gasteiger partial charge in [-0.1, -0.05) is 24.3 Å². The van der Waals surface area contributed by atoms with Crippen LogP contribution in [0.4, 0.5) is 13.2 Å². The van der Waals surface area contributed by atoms with Gasteiger partial charge in [0.05, 0.1) is 0 Å². The molecule has 0 saturated heterocycles. The summed E-state index contributed by atoms with van der Waals surface area (Å²) in [4.78, 5) is 11.6. The molecule has 0 aromatic heterocycles. The lowest BCUT2D eigenvalue weighted by Gasteiger charge is -2.13. The molecule has 1 aromatic rings. The fourth-order valence-corrected chi connectivity index (χ4v) is 3.25. The molecule has 0 spiro atoms. The summed E-state index contributed by atoms with van der Waals surface area (Å²) in [7, 11) is 0. The maximum absolute atomic E-state index is 11.9. The lowest BCUT2D eigenvalue weighted by Crippen LogP contribution is -2.32. The average Bonchev–Trinajstić information content (AvgIpc) is 3.11. The number of hydrogen-bond donors (Lipinski definition) is 1. The van der Waals surface area contributed by atoms with Crippen LogP contribution in [-0.4, -0.2) is 31.3 Å². The number of fused-ring (bicyclic) bond motifs is 3. The summed E-state index contributed by atoms with van der Waals surface area (Å²) in [5.74, 6) is 0.240. The van der Waals surface area contributed by atoms with Crippen molar-refractivity contribution in [3.05, 3.63) is 35.4 Å². The molecule has 0 aliphatic heterocycles. The monoisotopic (exact) mass is 299 g/mol. The average molecular weight is 299 g/mol. The van der Waals surface area contributed by atoms with E-state index in [9.17, 15) is 18.0 Å². The molecule has 0 bridgehead atoms. The number of halogens is 3. The molecule has 3 atom stereocenters. The molecule has 3 nitrogen and oxygen atoms in total. The van der Waals surface area contributed by atoms with Gasteiger partial charge >= 0.3 is 6.18 Å². The Labute approximate surface area is 120 Å². The number of nitrogens with one attached hydrogen (secondary N) is 1. The normalized spacial score (nSPS) is 26.7.